The Kier molecular flexibility index (Phi) is 6.52. The third-order valence-corrected chi connectivity index (χ3v) is 5.45. The van der Waals surface area contributed by atoms with Crippen LogP contribution in [0.1, 0.15) is 5.56 Å². The largest absolute Gasteiger partial charge is 0.493 e. The van der Waals surface area contributed by atoms with Crippen molar-refractivity contribution < 1.29 is 14.3 Å². The number of amides is 1. The average Bonchev–Trinajstić information content (AvgIpc) is 3.23. The van der Waals surface area contributed by atoms with Crippen molar-refractivity contribution in [2.75, 3.05) is 12.9 Å². The molecular weight excluding hydrogens is 454 g/mol. The molecular formula is C21H16ClN5O4S. The molecule has 1 aliphatic heterocycles. The Balaban J connectivity index is 1.55. The van der Waals surface area contributed by atoms with E-state index in [1.54, 1.807) is 42.5 Å². The van der Waals surface area contributed by atoms with E-state index in [2.05, 4.69) is 20.6 Å². The van der Waals surface area contributed by atoms with Gasteiger partial charge >= 0.3 is 0 Å². The molecule has 2 heterocycles. The van der Waals surface area contributed by atoms with Gasteiger partial charge in [-0.1, -0.05) is 41.6 Å². The third kappa shape index (κ3) is 4.82. The number of nitrogens with one attached hydrogen (secondary N) is 1. The molecule has 32 heavy (non-hydrogen) atoms. The first-order valence-electron chi connectivity index (χ1n) is 9.28. The highest BCUT2D eigenvalue weighted by molar-refractivity contribution is 8.15. The molecule has 2 aromatic carbocycles. The molecule has 0 spiro atoms. The Morgan fingerprint density at radius 1 is 1.16 bits per heavy atom. The molecule has 1 amide bonds. The van der Waals surface area contributed by atoms with Gasteiger partial charge in [0.2, 0.25) is 5.91 Å². The van der Waals surface area contributed by atoms with E-state index in [-0.39, 0.29) is 16.7 Å². The number of aromatic nitrogens is 2. The normalized spacial score (nSPS) is 14.7. The topological polar surface area (TPSA) is 107 Å². The Bertz CT molecular complexity index is 1280. The van der Waals surface area contributed by atoms with Gasteiger partial charge in [0.25, 0.3) is 5.56 Å². The molecule has 1 saturated heterocycles. The summed E-state index contributed by atoms with van der Waals surface area (Å²) in [6.45, 7) is 0. The number of halogens is 1. The lowest BCUT2D eigenvalue weighted by Crippen LogP contribution is -2.21. The van der Waals surface area contributed by atoms with E-state index in [9.17, 15) is 9.59 Å². The number of methoxy groups -OCH3 is 1. The highest BCUT2D eigenvalue weighted by Gasteiger charge is 2.16. The molecule has 0 saturated carbocycles. The lowest BCUT2D eigenvalue weighted by atomic mass is 10.2. The quantitative estimate of drug-likeness (QED) is 0.438. The summed E-state index contributed by atoms with van der Waals surface area (Å²) in [6.07, 6.45) is 2.88. The van der Waals surface area contributed by atoms with E-state index < -0.39 is 5.56 Å². The van der Waals surface area contributed by atoms with Crippen LogP contribution < -0.4 is 20.3 Å². The second kappa shape index (κ2) is 9.67. The molecule has 1 N–H and O–H groups in total. The van der Waals surface area contributed by atoms with Gasteiger partial charge in [-0.05, 0) is 35.9 Å². The van der Waals surface area contributed by atoms with Crippen molar-refractivity contribution in [1.82, 2.24) is 15.1 Å². The van der Waals surface area contributed by atoms with Gasteiger partial charge in [0.15, 0.2) is 27.4 Å². The van der Waals surface area contributed by atoms with Crippen molar-refractivity contribution in [3.8, 4) is 22.9 Å². The number of hydrogen-bond donors (Lipinski definition) is 1. The van der Waals surface area contributed by atoms with Crippen molar-refractivity contribution >= 4 is 40.7 Å². The fourth-order valence-corrected chi connectivity index (χ4v) is 3.53. The number of para-hydroxylation sites is 1. The number of nitrogens with zero attached hydrogens (tertiary/aromatic N) is 4. The van der Waals surface area contributed by atoms with Crippen LogP contribution in [0.2, 0.25) is 5.02 Å². The zero-order chi connectivity index (χ0) is 22.5. The van der Waals surface area contributed by atoms with Gasteiger partial charge < -0.3 is 14.8 Å². The van der Waals surface area contributed by atoms with Crippen LogP contribution in [-0.4, -0.2) is 39.9 Å². The number of carbonyl (C=O) groups excluding carboxylic acids is 1. The Labute approximate surface area is 191 Å². The number of hydrogen-bond acceptors (Lipinski definition) is 8. The van der Waals surface area contributed by atoms with Crippen LogP contribution in [0.15, 0.2) is 69.7 Å². The van der Waals surface area contributed by atoms with Crippen LogP contribution in [0.25, 0.3) is 5.69 Å². The van der Waals surface area contributed by atoms with Gasteiger partial charge in [-0.3, -0.25) is 9.59 Å². The van der Waals surface area contributed by atoms with E-state index in [0.29, 0.717) is 33.7 Å². The SMILES string of the molecule is COc1cc(C=NN=C2NC(=O)CS2)ccc1Oc1cnn(-c2ccccc2)c(=O)c1Cl. The molecule has 0 unspecified atom stereocenters. The van der Waals surface area contributed by atoms with E-state index in [1.807, 2.05) is 6.07 Å². The van der Waals surface area contributed by atoms with E-state index in [0.717, 1.165) is 0 Å². The Hall–Kier alpha value is -3.63. The van der Waals surface area contributed by atoms with E-state index in [4.69, 9.17) is 21.1 Å². The van der Waals surface area contributed by atoms with Gasteiger partial charge in [-0.15, -0.1) is 5.10 Å². The molecule has 3 aromatic rings. The second-order valence-electron chi connectivity index (χ2n) is 6.37. The van der Waals surface area contributed by atoms with Crippen LogP contribution in [0.5, 0.6) is 17.2 Å². The minimum atomic E-state index is -0.505. The van der Waals surface area contributed by atoms with Crippen LogP contribution in [-0.2, 0) is 4.79 Å². The minimum Gasteiger partial charge on any atom is -0.493 e. The first-order valence-corrected chi connectivity index (χ1v) is 10.6. The smallest absolute Gasteiger partial charge is 0.294 e. The standard InChI is InChI=1S/C21H16ClN5O4S/c1-30-16-9-13(10-23-26-21-25-18(28)12-32-21)7-8-15(16)31-17-11-24-27(20(29)19(17)22)14-5-3-2-4-6-14/h2-11H,12H2,1H3,(H,25,26,28). The molecule has 0 radical (unpaired) electrons. The van der Waals surface area contributed by atoms with E-state index >= 15 is 0 Å². The first kappa shape index (κ1) is 21.6. The molecule has 1 aliphatic rings. The zero-order valence-electron chi connectivity index (χ0n) is 16.7. The molecule has 0 bridgehead atoms. The molecule has 4 rings (SSSR count). The van der Waals surface area contributed by atoms with Crippen molar-refractivity contribution in [3.63, 3.8) is 0 Å². The van der Waals surface area contributed by atoms with Crippen LogP contribution in [0.3, 0.4) is 0 Å². The summed E-state index contributed by atoms with van der Waals surface area (Å²) in [4.78, 5) is 23.8. The summed E-state index contributed by atoms with van der Waals surface area (Å²) in [5.74, 6) is 1.07. The summed E-state index contributed by atoms with van der Waals surface area (Å²) >= 11 is 7.54. The fourth-order valence-electron chi connectivity index (χ4n) is 2.74. The van der Waals surface area contributed by atoms with Gasteiger partial charge in [-0.2, -0.15) is 14.9 Å². The summed E-state index contributed by atoms with van der Waals surface area (Å²) in [5.41, 5.74) is 0.775. The monoisotopic (exact) mass is 469 g/mol. The van der Waals surface area contributed by atoms with Crippen molar-refractivity contribution in [1.29, 1.82) is 0 Å². The lowest BCUT2D eigenvalue weighted by molar-refractivity contribution is -0.116. The summed E-state index contributed by atoms with van der Waals surface area (Å²) in [6, 6.07) is 14.0. The third-order valence-electron chi connectivity index (χ3n) is 4.24. The van der Waals surface area contributed by atoms with Gasteiger partial charge in [0, 0.05) is 0 Å². The van der Waals surface area contributed by atoms with Crippen LogP contribution in [0, 0.1) is 0 Å². The molecule has 9 nitrogen and oxygen atoms in total. The highest BCUT2D eigenvalue weighted by Crippen LogP contribution is 2.34. The van der Waals surface area contributed by atoms with Gasteiger partial charge in [0.1, 0.15) is 0 Å². The van der Waals surface area contributed by atoms with Gasteiger partial charge in [0.05, 0.1) is 31.0 Å². The van der Waals surface area contributed by atoms with E-state index in [1.165, 1.54) is 36.0 Å². The Morgan fingerprint density at radius 2 is 1.97 bits per heavy atom. The van der Waals surface area contributed by atoms with Gasteiger partial charge in [-0.25, -0.2) is 0 Å². The minimum absolute atomic E-state index is 0.100. The maximum absolute atomic E-state index is 12.6. The van der Waals surface area contributed by atoms with Crippen LogP contribution in [0.4, 0.5) is 0 Å². The first-order chi connectivity index (χ1) is 15.5. The predicted octanol–water partition coefficient (Wildman–Crippen LogP) is 3.24. The van der Waals surface area contributed by atoms with Crippen molar-refractivity contribution in [2.45, 2.75) is 0 Å². The predicted molar refractivity (Wildman–Crippen MR) is 124 cm³/mol. The number of rotatable bonds is 6. The molecule has 1 aromatic heterocycles. The molecule has 0 aliphatic carbocycles. The number of thioether (sulfide) groups is 1. The molecule has 0 atom stereocenters. The molecule has 11 heteroatoms. The number of ether oxygens (including phenoxy) is 2. The Morgan fingerprint density at radius 3 is 2.69 bits per heavy atom. The van der Waals surface area contributed by atoms with Crippen molar-refractivity contribution in [2.24, 2.45) is 10.2 Å². The number of amidine groups is 1. The molecule has 162 valence electrons. The second-order valence-corrected chi connectivity index (χ2v) is 7.72. The fraction of sp³-hybridized carbons (Fsp3) is 0.0952. The maximum atomic E-state index is 12.6. The van der Waals surface area contributed by atoms with Crippen LogP contribution >= 0.6 is 23.4 Å². The number of benzene rings is 2. The average molecular weight is 470 g/mol. The summed E-state index contributed by atoms with van der Waals surface area (Å²) < 4.78 is 12.4. The van der Waals surface area contributed by atoms with Crippen molar-refractivity contribution in [3.05, 3.63) is 75.7 Å². The lowest BCUT2D eigenvalue weighted by Gasteiger charge is -2.12. The maximum Gasteiger partial charge on any atom is 0.294 e. The highest BCUT2D eigenvalue weighted by atomic mass is 35.5. The summed E-state index contributed by atoms with van der Waals surface area (Å²) in [5, 5.41) is 15.0. The molecule has 1 fully saturated rings. The summed E-state index contributed by atoms with van der Waals surface area (Å²) in [7, 11) is 1.49. The zero-order valence-corrected chi connectivity index (χ0v) is 18.3. The number of carbonyl (C=O) groups is 1.